The summed E-state index contributed by atoms with van der Waals surface area (Å²) in [6, 6.07) is 3.37. The van der Waals surface area contributed by atoms with E-state index in [1.54, 1.807) is 11.3 Å². The maximum absolute atomic E-state index is 15.5. The highest BCUT2D eigenvalue weighted by Crippen LogP contribution is 2.62. The van der Waals surface area contributed by atoms with E-state index in [2.05, 4.69) is 24.9 Å². The maximum atomic E-state index is 15.5. The number of halogens is 2. The second-order valence-corrected chi connectivity index (χ2v) is 10.5. The van der Waals surface area contributed by atoms with Gasteiger partial charge in [0.1, 0.15) is 11.4 Å². The largest absolute Gasteiger partial charge is 0.493 e. The molecule has 0 radical (unpaired) electrons. The van der Waals surface area contributed by atoms with Crippen LogP contribution in [0.15, 0.2) is 23.7 Å². The van der Waals surface area contributed by atoms with Gasteiger partial charge >= 0.3 is 0 Å². The molecule has 0 amide bonds. The van der Waals surface area contributed by atoms with Gasteiger partial charge in [0.05, 0.1) is 19.9 Å². The molecular weight excluding hydrogens is 458 g/mol. The molecule has 180 valence electrons. The Morgan fingerprint density at radius 2 is 1.68 bits per heavy atom. The lowest BCUT2D eigenvalue weighted by atomic mass is 9.72. The monoisotopic (exact) mass is 486 g/mol. The molecule has 6 nitrogen and oxygen atoms in total. The lowest BCUT2D eigenvalue weighted by Gasteiger charge is -2.51. The first kappa shape index (κ1) is 22.8. The Hall–Kier alpha value is -2.94. The van der Waals surface area contributed by atoms with Gasteiger partial charge in [0, 0.05) is 49.2 Å². The summed E-state index contributed by atoms with van der Waals surface area (Å²) in [6.07, 6.45) is 3.68. The van der Waals surface area contributed by atoms with Crippen molar-refractivity contribution in [2.45, 2.75) is 44.2 Å². The number of pyridine rings is 1. The van der Waals surface area contributed by atoms with Gasteiger partial charge < -0.3 is 19.3 Å². The lowest BCUT2D eigenvalue weighted by Crippen LogP contribution is -2.56. The molecule has 1 aliphatic carbocycles. The number of fused-ring (bicyclic) bond motifs is 2. The highest BCUT2D eigenvalue weighted by atomic mass is 32.1. The molecule has 1 saturated carbocycles. The molecule has 0 bridgehead atoms. The van der Waals surface area contributed by atoms with Gasteiger partial charge in [0.2, 0.25) is 0 Å². The van der Waals surface area contributed by atoms with Crippen LogP contribution in [-0.4, -0.2) is 43.8 Å². The maximum Gasteiger partial charge on any atom is 0.191 e. The van der Waals surface area contributed by atoms with Gasteiger partial charge in [-0.3, -0.25) is 4.98 Å². The summed E-state index contributed by atoms with van der Waals surface area (Å²) in [7, 11) is 6.66. The quantitative estimate of drug-likeness (QED) is 0.482. The number of anilines is 2. The number of rotatable bonds is 5. The molecule has 34 heavy (non-hydrogen) atoms. The fourth-order valence-corrected chi connectivity index (χ4v) is 5.97. The predicted molar refractivity (Wildman–Crippen MR) is 130 cm³/mol. The second kappa shape index (κ2) is 7.80. The normalized spacial score (nSPS) is 17.5. The number of nitrogens with zero attached hydrogens (tertiary/aromatic N) is 4. The molecule has 0 saturated heterocycles. The van der Waals surface area contributed by atoms with Crippen LogP contribution in [-0.2, 0) is 12.0 Å². The third-order valence-corrected chi connectivity index (χ3v) is 8.39. The van der Waals surface area contributed by atoms with Gasteiger partial charge in [-0.05, 0) is 43.9 Å². The van der Waals surface area contributed by atoms with Crippen molar-refractivity contribution in [3.05, 3.63) is 46.5 Å². The Kier molecular flexibility index (Phi) is 5.24. The fraction of sp³-hybridized carbons (Fsp3) is 0.440. The molecule has 1 spiro atoms. The minimum atomic E-state index is -0.726. The zero-order valence-electron chi connectivity index (χ0n) is 20.2. The van der Waals surface area contributed by atoms with E-state index in [1.807, 2.05) is 35.5 Å². The van der Waals surface area contributed by atoms with Crippen molar-refractivity contribution in [1.29, 1.82) is 0 Å². The predicted octanol–water partition coefficient (Wildman–Crippen LogP) is 5.40. The van der Waals surface area contributed by atoms with Gasteiger partial charge in [-0.2, -0.15) is 0 Å². The van der Waals surface area contributed by atoms with E-state index in [4.69, 9.17) is 14.5 Å². The van der Waals surface area contributed by atoms with Crippen molar-refractivity contribution >= 4 is 22.2 Å². The summed E-state index contributed by atoms with van der Waals surface area (Å²) in [5, 5.41) is 2.93. The summed E-state index contributed by atoms with van der Waals surface area (Å²) in [5.74, 6) is -1.55. The second-order valence-electron chi connectivity index (χ2n) is 9.62. The van der Waals surface area contributed by atoms with Crippen LogP contribution < -0.4 is 19.3 Å². The molecule has 2 aromatic heterocycles. The Labute approximate surface area is 202 Å². The van der Waals surface area contributed by atoms with Crippen molar-refractivity contribution < 1.29 is 18.3 Å². The van der Waals surface area contributed by atoms with Crippen LogP contribution in [0.4, 0.5) is 19.6 Å². The molecule has 1 aliphatic heterocycles. The van der Waals surface area contributed by atoms with Gasteiger partial charge in [0.15, 0.2) is 28.3 Å². The van der Waals surface area contributed by atoms with Crippen molar-refractivity contribution in [2.75, 3.05) is 38.1 Å². The van der Waals surface area contributed by atoms with Crippen LogP contribution in [0.2, 0.25) is 0 Å². The van der Waals surface area contributed by atoms with Crippen molar-refractivity contribution in [3.8, 4) is 22.9 Å². The van der Waals surface area contributed by atoms with Crippen LogP contribution in [0.3, 0.4) is 0 Å². The molecule has 0 atom stereocenters. The van der Waals surface area contributed by atoms with Crippen molar-refractivity contribution in [3.63, 3.8) is 0 Å². The summed E-state index contributed by atoms with van der Waals surface area (Å²) in [6.45, 7) is 4.43. The number of hydrogen-bond donors (Lipinski definition) is 0. The van der Waals surface area contributed by atoms with E-state index >= 15 is 8.78 Å². The fourth-order valence-electron chi connectivity index (χ4n) is 5.21. The molecule has 9 heteroatoms. The summed E-state index contributed by atoms with van der Waals surface area (Å²) in [4.78, 5) is 13.2. The van der Waals surface area contributed by atoms with Gasteiger partial charge in [-0.1, -0.05) is 0 Å². The Balaban J connectivity index is 1.63. The zero-order valence-corrected chi connectivity index (χ0v) is 21.0. The van der Waals surface area contributed by atoms with Crippen molar-refractivity contribution in [2.24, 2.45) is 0 Å². The highest BCUT2D eigenvalue weighted by molar-refractivity contribution is 7.14. The average molecular weight is 487 g/mol. The van der Waals surface area contributed by atoms with Crippen LogP contribution in [0.5, 0.6) is 11.5 Å². The Bertz CT molecular complexity index is 1240. The lowest BCUT2D eigenvalue weighted by molar-refractivity contribution is 0.314. The number of methoxy groups -OCH3 is 2. The van der Waals surface area contributed by atoms with Crippen molar-refractivity contribution in [1.82, 2.24) is 9.97 Å². The number of hydrogen-bond acceptors (Lipinski definition) is 7. The minimum absolute atomic E-state index is 0.0478. The molecule has 0 N–H and O–H groups in total. The van der Waals surface area contributed by atoms with Crippen LogP contribution in [0, 0.1) is 11.6 Å². The zero-order chi connectivity index (χ0) is 24.4. The van der Waals surface area contributed by atoms with E-state index in [0.717, 1.165) is 34.9 Å². The Morgan fingerprint density at radius 1 is 1.03 bits per heavy atom. The Morgan fingerprint density at radius 3 is 2.21 bits per heavy atom. The number of benzene rings is 1. The van der Waals surface area contributed by atoms with Gasteiger partial charge in [-0.15, -0.1) is 11.3 Å². The summed E-state index contributed by atoms with van der Waals surface area (Å²) >= 11 is 1.57. The molecule has 0 unspecified atom stereocenters. The van der Waals surface area contributed by atoms with Gasteiger partial charge in [-0.25, -0.2) is 13.8 Å². The molecule has 3 heterocycles. The standard InChI is InChI=1S/C25H28F2N4O2S/c1-24(2)25(7-8-25)15-9-16(17-13-34-23(29-17)30(3)4)28-11-14(15)12-31(24)22-20(26)18(32-5)10-19(33-6)21(22)27/h9-11,13H,7-8,12H2,1-6H3. The van der Waals surface area contributed by atoms with E-state index in [0.29, 0.717) is 6.54 Å². The number of ether oxygens (including phenoxy) is 2. The molecule has 1 aromatic carbocycles. The van der Waals surface area contributed by atoms with Gasteiger partial charge in [0.25, 0.3) is 0 Å². The third kappa shape index (κ3) is 3.16. The van der Waals surface area contributed by atoms with E-state index in [-0.39, 0.29) is 22.6 Å². The number of aromatic nitrogens is 2. The molecule has 5 rings (SSSR count). The topological polar surface area (TPSA) is 50.7 Å². The molecule has 1 fully saturated rings. The average Bonchev–Trinajstić information content (AvgIpc) is 3.47. The molecular formula is C25H28F2N4O2S. The molecule has 2 aliphatic rings. The minimum Gasteiger partial charge on any atom is -0.493 e. The number of thiazole rings is 1. The summed E-state index contributed by atoms with van der Waals surface area (Å²) in [5.41, 5.74) is 2.87. The first-order valence-electron chi connectivity index (χ1n) is 11.1. The SMILES string of the molecule is COc1cc(OC)c(F)c(N2Cc3cnc(-c4csc(N(C)C)n4)cc3C3(CC3)C2(C)C)c1F. The van der Waals surface area contributed by atoms with E-state index in [1.165, 1.54) is 25.8 Å². The van der Waals surface area contributed by atoms with Crippen LogP contribution >= 0.6 is 11.3 Å². The van der Waals surface area contributed by atoms with E-state index in [9.17, 15) is 0 Å². The molecule has 3 aromatic rings. The summed E-state index contributed by atoms with van der Waals surface area (Å²) < 4.78 is 41.4. The van der Waals surface area contributed by atoms with E-state index < -0.39 is 17.2 Å². The first-order valence-corrected chi connectivity index (χ1v) is 12.0. The van der Waals surface area contributed by atoms with Crippen LogP contribution in [0.1, 0.15) is 37.8 Å². The van der Waals surface area contributed by atoms with Crippen LogP contribution in [0.25, 0.3) is 11.4 Å². The highest BCUT2D eigenvalue weighted by Gasteiger charge is 2.61. The first-order chi connectivity index (χ1) is 16.1. The smallest absolute Gasteiger partial charge is 0.191 e. The third-order valence-electron chi connectivity index (χ3n) is 7.38.